The molecule has 8 nitrogen and oxygen atoms in total. The summed E-state index contributed by atoms with van der Waals surface area (Å²) >= 11 is 0. The van der Waals surface area contributed by atoms with E-state index in [0.717, 1.165) is 103 Å². The lowest BCUT2D eigenvalue weighted by Gasteiger charge is -2.36. The van der Waals surface area contributed by atoms with E-state index in [4.69, 9.17) is 4.74 Å². The van der Waals surface area contributed by atoms with Crippen LogP contribution in [0, 0.1) is 5.92 Å². The number of ether oxygens (including phenoxy) is 1. The van der Waals surface area contributed by atoms with Gasteiger partial charge in [0, 0.05) is 77.9 Å². The van der Waals surface area contributed by atoms with Crippen molar-refractivity contribution in [2.24, 2.45) is 5.92 Å². The maximum absolute atomic E-state index is 13.6. The van der Waals surface area contributed by atoms with Crippen LogP contribution in [0.1, 0.15) is 54.5 Å². The highest BCUT2D eigenvalue weighted by Gasteiger charge is 2.28. The van der Waals surface area contributed by atoms with Gasteiger partial charge in [-0.15, -0.1) is 0 Å². The number of rotatable bonds is 17. The molecule has 2 aliphatic heterocycles. The summed E-state index contributed by atoms with van der Waals surface area (Å²) in [5.74, 6) is 1.43. The van der Waals surface area contributed by atoms with Crippen LogP contribution >= 0.6 is 0 Å². The van der Waals surface area contributed by atoms with E-state index in [0.29, 0.717) is 18.9 Å². The van der Waals surface area contributed by atoms with Crippen LogP contribution in [0.15, 0.2) is 146 Å². The van der Waals surface area contributed by atoms with Gasteiger partial charge in [0.15, 0.2) is 0 Å². The van der Waals surface area contributed by atoms with Crippen molar-refractivity contribution in [2.45, 2.75) is 65.2 Å². The number of nitrogens with zero attached hydrogens (tertiary/aromatic N) is 4. The molecule has 2 atom stereocenters. The number of piperazine rings is 2. The van der Waals surface area contributed by atoms with Crippen molar-refractivity contribution >= 4 is 11.8 Å². The summed E-state index contributed by atoms with van der Waals surface area (Å²) in [6.07, 6.45) is 3.69. The van der Waals surface area contributed by atoms with E-state index in [9.17, 15) is 9.59 Å². The van der Waals surface area contributed by atoms with Gasteiger partial charge < -0.3 is 19.9 Å². The van der Waals surface area contributed by atoms with Crippen molar-refractivity contribution < 1.29 is 14.3 Å². The van der Waals surface area contributed by atoms with E-state index < -0.39 is 0 Å². The zero-order valence-corrected chi connectivity index (χ0v) is 35.8. The molecule has 0 radical (unpaired) electrons. The van der Waals surface area contributed by atoms with Gasteiger partial charge in [0.05, 0.1) is 12.6 Å². The fourth-order valence-corrected chi connectivity index (χ4v) is 7.90. The second kappa shape index (κ2) is 24.1. The summed E-state index contributed by atoms with van der Waals surface area (Å²) in [5.41, 5.74) is 6.22. The lowest BCUT2D eigenvalue weighted by atomic mass is 9.99. The Morgan fingerprint density at radius 3 is 1.43 bits per heavy atom. The van der Waals surface area contributed by atoms with Crippen LogP contribution in [0.3, 0.4) is 0 Å². The van der Waals surface area contributed by atoms with Gasteiger partial charge >= 0.3 is 0 Å². The molecule has 0 aliphatic carbocycles. The average molecular weight is 808 g/mol. The van der Waals surface area contributed by atoms with Gasteiger partial charge in [0.2, 0.25) is 11.8 Å². The SMILES string of the molecule is CCCCOc1ccc(CN[C@@H](Cc2ccccc2)C(=O)N2CCN(Cc3ccccc3)CC2)cc1.C[C@@H](Cc1ccccc1)C(=O)N1CCN(Cc2ccccc2)CC1. The summed E-state index contributed by atoms with van der Waals surface area (Å²) in [4.78, 5) is 35.2. The van der Waals surface area contributed by atoms with Crippen LogP contribution in [-0.2, 0) is 42.1 Å². The van der Waals surface area contributed by atoms with E-state index in [2.05, 4.69) is 113 Å². The van der Waals surface area contributed by atoms with Crippen LogP contribution in [-0.4, -0.2) is 96.4 Å². The quantitative estimate of drug-likeness (QED) is 0.0959. The second-order valence-electron chi connectivity index (χ2n) is 16.2. The summed E-state index contributed by atoms with van der Waals surface area (Å²) in [7, 11) is 0. The van der Waals surface area contributed by atoms with E-state index in [1.54, 1.807) is 0 Å². The summed E-state index contributed by atoms with van der Waals surface area (Å²) < 4.78 is 5.78. The highest BCUT2D eigenvalue weighted by Crippen LogP contribution is 2.17. The molecule has 0 bridgehead atoms. The first-order chi connectivity index (χ1) is 29.4. The normalized spacial score (nSPS) is 15.7. The molecule has 2 heterocycles. The molecule has 0 unspecified atom stereocenters. The molecule has 5 aromatic rings. The van der Waals surface area contributed by atoms with Crippen LogP contribution in [0.2, 0.25) is 0 Å². The Bertz CT molecular complexity index is 1950. The number of amides is 2. The smallest absolute Gasteiger partial charge is 0.240 e. The number of carbonyl (C=O) groups is 2. The van der Waals surface area contributed by atoms with Crippen molar-refractivity contribution in [1.82, 2.24) is 24.9 Å². The molecule has 2 amide bonds. The van der Waals surface area contributed by atoms with Gasteiger partial charge in [-0.2, -0.15) is 0 Å². The largest absolute Gasteiger partial charge is 0.494 e. The Morgan fingerprint density at radius 1 is 0.533 bits per heavy atom. The highest BCUT2D eigenvalue weighted by molar-refractivity contribution is 5.82. The molecular formula is C52H65N5O3. The number of hydrogen-bond donors (Lipinski definition) is 1. The van der Waals surface area contributed by atoms with Crippen LogP contribution < -0.4 is 10.1 Å². The van der Waals surface area contributed by atoms with Crippen LogP contribution in [0.25, 0.3) is 0 Å². The molecule has 8 heteroatoms. The Balaban J connectivity index is 0.000000218. The minimum absolute atomic E-state index is 0.0491. The predicted octanol–water partition coefficient (Wildman–Crippen LogP) is 8.12. The van der Waals surface area contributed by atoms with Gasteiger partial charge in [0.1, 0.15) is 5.75 Å². The van der Waals surface area contributed by atoms with Gasteiger partial charge in [0.25, 0.3) is 0 Å². The average Bonchev–Trinajstić information content (AvgIpc) is 3.30. The summed E-state index contributed by atoms with van der Waals surface area (Å²) in [5, 5.41) is 3.56. The first-order valence-corrected chi connectivity index (χ1v) is 22.1. The van der Waals surface area contributed by atoms with Crippen LogP contribution in [0.5, 0.6) is 5.75 Å². The fraction of sp³-hybridized carbons (Fsp3) is 0.385. The van der Waals surface area contributed by atoms with Crippen molar-refractivity contribution in [3.63, 3.8) is 0 Å². The van der Waals surface area contributed by atoms with Gasteiger partial charge in [-0.3, -0.25) is 19.4 Å². The Morgan fingerprint density at radius 2 is 0.967 bits per heavy atom. The predicted molar refractivity (Wildman–Crippen MR) is 244 cm³/mol. The molecule has 0 spiro atoms. The summed E-state index contributed by atoms with van der Waals surface area (Å²) in [6.45, 7) is 14.4. The number of nitrogens with one attached hydrogen (secondary N) is 1. The zero-order chi connectivity index (χ0) is 41.8. The van der Waals surface area contributed by atoms with Gasteiger partial charge in [-0.25, -0.2) is 0 Å². The van der Waals surface area contributed by atoms with Crippen molar-refractivity contribution in [3.05, 3.63) is 173 Å². The topological polar surface area (TPSA) is 68.4 Å². The van der Waals surface area contributed by atoms with Gasteiger partial charge in [-0.1, -0.05) is 154 Å². The monoisotopic (exact) mass is 808 g/mol. The lowest BCUT2D eigenvalue weighted by Crippen LogP contribution is -2.54. The molecule has 2 aliphatic rings. The third-order valence-corrected chi connectivity index (χ3v) is 11.5. The molecule has 60 heavy (non-hydrogen) atoms. The molecule has 7 rings (SSSR count). The number of unbranched alkanes of at least 4 members (excludes halogenated alkanes) is 1. The fourth-order valence-electron chi connectivity index (χ4n) is 7.90. The molecule has 0 saturated carbocycles. The molecule has 2 fully saturated rings. The minimum atomic E-state index is -0.256. The van der Waals surface area contributed by atoms with E-state index in [-0.39, 0.29) is 17.9 Å². The van der Waals surface area contributed by atoms with Gasteiger partial charge in [-0.05, 0) is 59.2 Å². The third-order valence-electron chi connectivity index (χ3n) is 11.5. The van der Waals surface area contributed by atoms with Crippen molar-refractivity contribution in [2.75, 3.05) is 59.0 Å². The van der Waals surface area contributed by atoms with Crippen molar-refractivity contribution in [3.8, 4) is 5.75 Å². The maximum atomic E-state index is 13.6. The standard InChI is InChI=1S/C31H39N3O2.C21H26N2O/c1-2-3-22-36-29-16-14-27(15-17-29)24-32-30(23-26-10-6-4-7-11-26)31(35)34-20-18-33(19-21-34)25-28-12-8-5-9-13-28;1-18(16-19-8-4-2-5-9-19)21(24)23-14-12-22(13-15-23)17-20-10-6-3-7-11-20/h4-17,30,32H,2-3,18-25H2,1H3;2-11,18H,12-17H2,1H3/t30-;18-/m00/s1. The molecule has 2 saturated heterocycles. The lowest BCUT2D eigenvalue weighted by molar-refractivity contribution is -0.137. The number of benzene rings is 5. The van der Waals surface area contributed by atoms with E-state index in [1.165, 1.54) is 22.3 Å². The minimum Gasteiger partial charge on any atom is -0.494 e. The Hall–Kier alpha value is -5.28. The molecule has 1 N–H and O–H groups in total. The first kappa shape index (κ1) is 44.3. The third kappa shape index (κ3) is 14.5. The maximum Gasteiger partial charge on any atom is 0.240 e. The molecular weight excluding hydrogens is 743 g/mol. The Kier molecular flexibility index (Phi) is 17.8. The summed E-state index contributed by atoms with van der Waals surface area (Å²) in [6, 6.07) is 49.6. The molecule has 316 valence electrons. The highest BCUT2D eigenvalue weighted by atomic mass is 16.5. The van der Waals surface area contributed by atoms with E-state index in [1.807, 2.05) is 71.3 Å². The second-order valence-corrected chi connectivity index (χ2v) is 16.2. The first-order valence-electron chi connectivity index (χ1n) is 22.1. The van der Waals surface area contributed by atoms with Crippen LogP contribution in [0.4, 0.5) is 0 Å². The molecule has 0 aromatic heterocycles. The Labute approximate surface area is 359 Å². The number of carbonyl (C=O) groups excluding carboxylic acids is 2. The molecule has 5 aromatic carbocycles. The zero-order valence-electron chi connectivity index (χ0n) is 35.8. The van der Waals surface area contributed by atoms with Crippen molar-refractivity contribution in [1.29, 1.82) is 0 Å². The van der Waals surface area contributed by atoms with E-state index >= 15 is 0 Å². The number of hydrogen-bond acceptors (Lipinski definition) is 6.